The van der Waals surface area contributed by atoms with Crippen molar-refractivity contribution in [1.82, 2.24) is 15.1 Å². The summed E-state index contributed by atoms with van der Waals surface area (Å²) >= 11 is 0. The molecule has 0 aromatic heterocycles. The van der Waals surface area contributed by atoms with Gasteiger partial charge in [-0.3, -0.25) is 9.69 Å². The molecule has 2 rings (SSSR count). The van der Waals surface area contributed by atoms with Crippen LogP contribution < -0.4 is 5.32 Å². The smallest absolute Gasteiger partial charge is 0.407 e. The average Bonchev–Trinajstić information content (AvgIpc) is 2.54. The van der Waals surface area contributed by atoms with E-state index in [1.807, 2.05) is 31.7 Å². The van der Waals surface area contributed by atoms with Gasteiger partial charge >= 0.3 is 6.09 Å². The van der Waals surface area contributed by atoms with Crippen molar-refractivity contribution in [2.75, 3.05) is 26.2 Å². The fraction of sp³-hybridized carbons (Fsp3) is 0.600. The zero-order chi connectivity index (χ0) is 19.2. The second-order valence-corrected chi connectivity index (χ2v) is 7.84. The molecule has 0 unspecified atom stereocenters. The lowest BCUT2D eigenvalue weighted by Crippen LogP contribution is -2.54. The number of carbonyl (C=O) groups excluding carboxylic acids is 2. The molecule has 0 aliphatic carbocycles. The van der Waals surface area contributed by atoms with Crippen LogP contribution in [0.4, 0.5) is 4.79 Å². The number of benzene rings is 1. The van der Waals surface area contributed by atoms with Crippen LogP contribution in [-0.2, 0) is 16.1 Å². The topological polar surface area (TPSA) is 61.9 Å². The number of hydrogen-bond donors (Lipinski definition) is 1. The minimum atomic E-state index is -0.530. The van der Waals surface area contributed by atoms with Crippen LogP contribution in [0.15, 0.2) is 30.3 Å². The molecular weight excluding hydrogens is 330 g/mol. The van der Waals surface area contributed by atoms with Crippen LogP contribution in [0.5, 0.6) is 0 Å². The lowest BCUT2D eigenvalue weighted by Gasteiger charge is -2.40. The third kappa shape index (κ3) is 6.67. The van der Waals surface area contributed by atoms with Crippen molar-refractivity contribution in [2.45, 2.75) is 52.3 Å². The summed E-state index contributed by atoms with van der Waals surface area (Å²) in [4.78, 5) is 28.4. The van der Waals surface area contributed by atoms with Crippen LogP contribution >= 0.6 is 0 Å². The first-order valence-electron chi connectivity index (χ1n) is 9.27. The molecular formula is C20H31N3O3. The summed E-state index contributed by atoms with van der Waals surface area (Å²) in [5.74, 6) is 0.0768. The predicted molar refractivity (Wildman–Crippen MR) is 102 cm³/mol. The lowest BCUT2D eigenvalue weighted by molar-refractivity contribution is -0.135. The van der Waals surface area contributed by atoms with Crippen molar-refractivity contribution < 1.29 is 14.3 Å². The fourth-order valence-electron chi connectivity index (χ4n) is 3.12. The molecule has 1 aliphatic rings. The molecule has 6 nitrogen and oxygen atoms in total. The van der Waals surface area contributed by atoms with Crippen LogP contribution in [0.2, 0.25) is 0 Å². The Morgan fingerprint density at radius 3 is 2.50 bits per heavy atom. The Morgan fingerprint density at radius 1 is 1.19 bits per heavy atom. The molecule has 0 spiro atoms. The Hall–Kier alpha value is -2.08. The fourth-order valence-corrected chi connectivity index (χ4v) is 3.12. The van der Waals surface area contributed by atoms with Crippen molar-refractivity contribution in [3.63, 3.8) is 0 Å². The van der Waals surface area contributed by atoms with Crippen LogP contribution in [0, 0.1) is 0 Å². The SMILES string of the molecule is C[C@@H]1CN(Cc2ccccc2)CCN1C(=O)CCNC(=O)OC(C)(C)C. The molecule has 0 saturated carbocycles. The second kappa shape index (κ2) is 9.03. The Kier molecular flexibility index (Phi) is 7.03. The van der Waals surface area contributed by atoms with Gasteiger partial charge < -0.3 is 15.0 Å². The molecule has 1 atom stereocenters. The van der Waals surface area contributed by atoms with Gasteiger partial charge in [-0.25, -0.2) is 4.79 Å². The summed E-state index contributed by atoms with van der Waals surface area (Å²) in [5, 5.41) is 2.65. The summed E-state index contributed by atoms with van der Waals surface area (Å²) in [5.41, 5.74) is 0.763. The molecule has 1 aromatic carbocycles. The molecule has 6 heteroatoms. The van der Waals surface area contributed by atoms with E-state index in [1.165, 1.54) is 5.56 Å². The Balaban J connectivity index is 1.73. The molecule has 0 radical (unpaired) electrons. The van der Waals surface area contributed by atoms with Gasteiger partial charge in [-0.05, 0) is 33.3 Å². The van der Waals surface area contributed by atoms with Crippen LogP contribution in [-0.4, -0.2) is 59.6 Å². The summed E-state index contributed by atoms with van der Waals surface area (Å²) in [6.07, 6.45) is -0.187. The minimum Gasteiger partial charge on any atom is -0.444 e. The first-order valence-corrected chi connectivity index (χ1v) is 9.27. The predicted octanol–water partition coefficient (Wildman–Crippen LogP) is 2.63. The second-order valence-electron chi connectivity index (χ2n) is 7.84. The van der Waals surface area contributed by atoms with Crippen molar-refractivity contribution in [3.8, 4) is 0 Å². The number of hydrogen-bond acceptors (Lipinski definition) is 4. The number of rotatable bonds is 5. The Bertz CT molecular complexity index is 598. The lowest BCUT2D eigenvalue weighted by atomic mass is 10.1. The van der Waals surface area contributed by atoms with Gasteiger partial charge in [-0.1, -0.05) is 30.3 Å². The highest BCUT2D eigenvalue weighted by atomic mass is 16.6. The number of ether oxygens (including phenoxy) is 1. The highest BCUT2D eigenvalue weighted by Gasteiger charge is 2.27. The minimum absolute atomic E-state index is 0.0768. The third-order valence-corrected chi connectivity index (χ3v) is 4.29. The van der Waals surface area contributed by atoms with E-state index in [4.69, 9.17) is 4.74 Å². The molecule has 1 aromatic rings. The highest BCUT2D eigenvalue weighted by molar-refractivity contribution is 5.77. The summed E-state index contributed by atoms with van der Waals surface area (Å²) in [7, 11) is 0. The van der Waals surface area contributed by atoms with Crippen LogP contribution in [0.3, 0.4) is 0 Å². The highest BCUT2D eigenvalue weighted by Crippen LogP contribution is 2.14. The first kappa shape index (κ1) is 20.2. The molecule has 2 amide bonds. The number of alkyl carbamates (subject to hydrolysis) is 1. The van der Waals surface area contributed by atoms with E-state index in [-0.39, 0.29) is 11.9 Å². The molecule has 1 heterocycles. The zero-order valence-corrected chi connectivity index (χ0v) is 16.3. The Labute approximate surface area is 156 Å². The van der Waals surface area contributed by atoms with Crippen molar-refractivity contribution in [3.05, 3.63) is 35.9 Å². The maximum Gasteiger partial charge on any atom is 0.407 e. The quantitative estimate of drug-likeness (QED) is 0.876. The van der Waals surface area contributed by atoms with Crippen molar-refractivity contribution in [1.29, 1.82) is 0 Å². The summed E-state index contributed by atoms with van der Waals surface area (Å²) < 4.78 is 5.18. The molecule has 26 heavy (non-hydrogen) atoms. The van der Waals surface area contributed by atoms with Crippen LogP contribution in [0.25, 0.3) is 0 Å². The van der Waals surface area contributed by atoms with E-state index in [2.05, 4.69) is 41.4 Å². The van der Waals surface area contributed by atoms with Crippen LogP contribution in [0.1, 0.15) is 39.7 Å². The maximum absolute atomic E-state index is 12.5. The van der Waals surface area contributed by atoms with Gasteiger partial charge in [0.05, 0.1) is 0 Å². The van der Waals surface area contributed by atoms with E-state index >= 15 is 0 Å². The van der Waals surface area contributed by atoms with Crippen molar-refractivity contribution in [2.24, 2.45) is 0 Å². The van der Waals surface area contributed by atoms with E-state index < -0.39 is 11.7 Å². The average molecular weight is 361 g/mol. The standard InChI is InChI=1S/C20H31N3O3/c1-16-14-22(15-17-8-6-5-7-9-17)12-13-23(16)18(24)10-11-21-19(25)26-20(2,3)4/h5-9,16H,10-15H2,1-4H3,(H,21,25)/t16-/m1/s1. The summed E-state index contributed by atoms with van der Waals surface area (Å²) in [6.45, 7) is 11.2. The van der Waals surface area contributed by atoms with Gasteiger partial charge in [0.25, 0.3) is 0 Å². The van der Waals surface area contributed by atoms with Gasteiger partial charge in [-0.15, -0.1) is 0 Å². The van der Waals surface area contributed by atoms with E-state index in [9.17, 15) is 9.59 Å². The normalized spacial score (nSPS) is 18.5. The number of nitrogens with zero attached hydrogens (tertiary/aromatic N) is 2. The molecule has 1 saturated heterocycles. The molecule has 1 aliphatic heterocycles. The molecule has 1 fully saturated rings. The van der Waals surface area contributed by atoms with Gasteiger partial charge in [0, 0.05) is 45.2 Å². The van der Waals surface area contributed by atoms with E-state index in [1.54, 1.807) is 0 Å². The monoisotopic (exact) mass is 361 g/mol. The largest absolute Gasteiger partial charge is 0.444 e. The maximum atomic E-state index is 12.5. The molecule has 1 N–H and O–H groups in total. The zero-order valence-electron chi connectivity index (χ0n) is 16.3. The van der Waals surface area contributed by atoms with Crippen molar-refractivity contribution >= 4 is 12.0 Å². The Morgan fingerprint density at radius 2 is 1.88 bits per heavy atom. The molecule has 144 valence electrons. The van der Waals surface area contributed by atoms with Gasteiger partial charge in [0.2, 0.25) is 5.91 Å². The van der Waals surface area contributed by atoms with Gasteiger partial charge in [0.1, 0.15) is 5.60 Å². The van der Waals surface area contributed by atoms with Gasteiger partial charge in [0.15, 0.2) is 0 Å². The summed E-state index contributed by atoms with van der Waals surface area (Å²) in [6, 6.07) is 10.6. The van der Waals surface area contributed by atoms with E-state index in [0.717, 1.165) is 26.2 Å². The molecule has 0 bridgehead atoms. The number of carbonyl (C=O) groups is 2. The first-order chi connectivity index (χ1) is 12.2. The number of amides is 2. The van der Waals surface area contributed by atoms with E-state index in [0.29, 0.717) is 13.0 Å². The number of piperazine rings is 1. The third-order valence-electron chi connectivity index (χ3n) is 4.29. The number of nitrogens with one attached hydrogen (secondary N) is 1. The van der Waals surface area contributed by atoms with Gasteiger partial charge in [-0.2, -0.15) is 0 Å².